The van der Waals surface area contributed by atoms with Crippen LogP contribution in [-0.2, 0) is 6.54 Å². The second-order valence-electron chi connectivity index (χ2n) is 4.37. The Morgan fingerprint density at radius 1 is 1.24 bits per heavy atom. The molecular formula is C13H12F2N6. The summed E-state index contributed by atoms with van der Waals surface area (Å²) in [5.41, 5.74) is 0.911. The summed E-state index contributed by atoms with van der Waals surface area (Å²) in [6.07, 6.45) is 1.58. The minimum Gasteiger partial charge on any atom is -0.365 e. The molecule has 21 heavy (non-hydrogen) atoms. The van der Waals surface area contributed by atoms with Gasteiger partial charge >= 0.3 is 0 Å². The number of H-pyrrole nitrogens is 1. The van der Waals surface area contributed by atoms with Crippen LogP contribution in [-0.4, -0.2) is 27.2 Å². The summed E-state index contributed by atoms with van der Waals surface area (Å²) in [5.74, 6) is -0.280. The van der Waals surface area contributed by atoms with E-state index in [9.17, 15) is 8.78 Å². The van der Waals surface area contributed by atoms with Crippen molar-refractivity contribution in [1.82, 2.24) is 20.2 Å². The standard InChI is InChI=1S/C13H12F2N6/c1-16-13-19-11(9-6-18-21-12(9)20-13)17-5-7-2-3-8(14)4-10(7)15/h2-4,6H,5H2,1H3,(H3,16,17,18,19,20,21). The molecule has 3 rings (SSSR count). The van der Waals surface area contributed by atoms with Crippen molar-refractivity contribution in [3.8, 4) is 0 Å². The number of fused-ring (bicyclic) bond motifs is 1. The lowest BCUT2D eigenvalue weighted by Gasteiger charge is -2.09. The van der Waals surface area contributed by atoms with Gasteiger partial charge in [0.15, 0.2) is 5.65 Å². The molecule has 0 atom stereocenters. The molecule has 0 saturated heterocycles. The number of halogens is 2. The van der Waals surface area contributed by atoms with Crippen LogP contribution in [0.25, 0.3) is 11.0 Å². The van der Waals surface area contributed by atoms with Crippen molar-refractivity contribution >= 4 is 22.8 Å². The maximum atomic E-state index is 13.6. The van der Waals surface area contributed by atoms with Crippen molar-refractivity contribution < 1.29 is 8.78 Å². The highest BCUT2D eigenvalue weighted by Gasteiger charge is 2.10. The van der Waals surface area contributed by atoms with Crippen LogP contribution in [0.4, 0.5) is 20.5 Å². The predicted molar refractivity (Wildman–Crippen MR) is 74.9 cm³/mol. The summed E-state index contributed by atoms with van der Waals surface area (Å²) in [7, 11) is 1.70. The lowest BCUT2D eigenvalue weighted by Crippen LogP contribution is -2.06. The van der Waals surface area contributed by atoms with Crippen LogP contribution >= 0.6 is 0 Å². The van der Waals surface area contributed by atoms with E-state index in [0.717, 1.165) is 6.07 Å². The van der Waals surface area contributed by atoms with Crippen molar-refractivity contribution in [3.63, 3.8) is 0 Å². The van der Waals surface area contributed by atoms with Crippen molar-refractivity contribution in [1.29, 1.82) is 0 Å². The van der Waals surface area contributed by atoms with Gasteiger partial charge in [0, 0.05) is 25.2 Å². The molecule has 0 amide bonds. The van der Waals surface area contributed by atoms with Gasteiger partial charge in [-0.25, -0.2) is 8.78 Å². The third kappa shape index (κ3) is 2.60. The number of nitrogens with zero attached hydrogens (tertiary/aromatic N) is 3. The van der Waals surface area contributed by atoms with Crippen molar-refractivity contribution in [2.75, 3.05) is 17.7 Å². The first-order valence-electron chi connectivity index (χ1n) is 6.24. The summed E-state index contributed by atoms with van der Waals surface area (Å²) >= 11 is 0. The number of nitrogens with one attached hydrogen (secondary N) is 3. The van der Waals surface area contributed by atoms with Crippen LogP contribution in [0, 0.1) is 11.6 Å². The summed E-state index contributed by atoms with van der Waals surface area (Å²) in [5, 5.41) is 13.2. The van der Waals surface area contributed by atoms with Gasteiger partial charge < -0.3 is 10.6 Å². The van der Waals surface area contributed by atoms with Crippen molar-refractivity contribution in [3.05, 3.63) is 41.6 Å². The normalized spacial score (nSPS) is 10.8. The van der Waals surface area contributed by atoms with E-state index >= 15 is 0 Å². The Labute approximate surface area is 118 Å². The molecule has 0 unspecified atom stereocenters. The van der Waals surface area contributed by atoms with Crippen LogP contribution in [0.3, 0.4) is 0 Å². The smallest absolute Gasteiger partial charge is 0.226 e. The van der Waals surface area contributed by atoms with Crippen LogP contribution in [0.2, 0.25) is 0 Å². The molecule has 0 bridgehead atoms. The molecule has 0 aliphatic carbocycles. The molecule has 8 heteroatoms. The molecule has 108 valence electrons. The van der Waals surface area contributed by atoms with E-state index in [1.807, 2.05) is 0 Å². The Morgan fingerprint density at radius 3 is 2.86 bits per heavy atom. The Kier molecular flexibility index (Phi) is 3.35. The number of hydrogen-bond acceptors (Lipinski definition) is 5. The lowest BCUT2D eigenvalue weighted by molar-refractivity contribution is 0.574. The van der Waals surface area contributed by atoms with Gasteiger partial charge in [0.1, 0.15) is 17.5 Å². The molecule has 0 fully saturated rings. The third-order valence-electron chi connectivity index (χ3n) is 2.99. The zero-order chi connectivity index (χ0) is 14.8. The van der Waals surface area contributed by atoms with E-state index in [-0.39, 0.29) is 6.54 Å². The molecule has 0 radical (unpaired) electrons. The van der Waals surface area contributed by atoms with Gasteiger partial charge in [-0.15, -0.1) is 0 Å². The summed E-state index contributed by atoms with van der Waals surface area (Å²) in [6.45, 7) is 0.173. The molecule has 3 N–H and O–H groups in total. The van der Waals surface area contributed by atoms with E-state index < -0.39 is 11.6 Å². The SMILES string of the molecule is CNc1nc(NCc2ccc(F)cc2F)c2cn[nH]c2n1. The van der Waals surface area contributed by atoms with Gasteiger partial charge in [-0.05, 0) is 6.07 Å². The number of aromatic nitrogens is 4. The molecule has 0 saturated carbocycles. The second-order valence-corrected chi connectivity index (χ2v) is 4.37. The summed E-state index contributed by atoms with van der Waals surface area (Å²) in [4.78, 5) is 8.46. The number of hydrogen-bond donors (Lipinski definition) is 3. The van der Waals surface area contributed by atoms with Gasteiger partial charge in [0.05, 0.1) is 11.6 Å². The fourth-order valence-corrected chi connectivity index (χ4v) is 1.93. The minimum atomic E-state index is -0.604. The topological polar surface area (TPSA) is 78.5 Å². The number of aromatic amines is 1. The van der Waals surface area contributed by atoms with E-state index in [2.05, 4.69) is 30.8 Å². The van der Waals surface area contributed by atoms with Crippen molar-refractivity contribution in [2.45, 2.75) is 6.54 Å². The van der Waals surface area contributed by atoms with Gasteiger partial charge in [0.2, 0.25) is 5.95 Å². The average molecular weight is 290 g/mol. The average Bonchev–Trinajstić information content (AvgIpc) is 2.94. The maximum absolute atomic E-state index is 13.6. The predicted octanol–water partition coefficient (Wildman–Crippen LogP) is 2.28. The highest BCUT2D eigenvalue weighted by atomic mass is 19.1. The largest absolute Gasteiger partial charge is 0.365 e. The number of anilines is 2. The Morgan fingerprint density at radius 2 is 2.10 bits per heavy atom. The van der Waals surface area contributed by atoms with Crippen LogP contribution in [0.15, 0.2) is 24.4 Å². The fourth-order valence-electron chi connectivity index (χ4n) is 1.93. The van der Waals surface area contributed by atoms with Crippen LogP contribution < -0.4 is 10.6 Å². The van der Waals surface area contributed by atoms with Crippen LogP contribution in [0.1, 0.15) is 5.56 Å². The Balaban J connectivity index is 1.89. The van der Waals surface area contributed by atoms with Gasteiger partial charge in [-0.2, -0.15) is 15.1 Å². The zero-order valence-corrected chi connectivity index (χ0v) is 11.1. The fraction of sp³-hybridized carbons (Fsp3) is 0.154. The third-order valence-corrected chi connectivity index (χ3v) is 2.99. The molecule has 1 aromatic carbocycles. The molecule has 2 heterocycles. The Bertz CT molecular complexity index is 785. The first-order chi connectivity index (χ1) is 10.2. The maximum Gasteiger partial charge on any atom is 0.226 e. The molecular weight excluding hydrogens is 278 g/mol. The molecule has 0 aliphatic heterocycles. The van der Waals surface area contributed by atoms with E-state index in [1.54, 1.807) is 13.2 Å². The molecule has 2 aromatic heterocycles. The quantitative estimate of drug-likeness (QED) is 0.687. The monoisotopic (exact) mass is 290 g/mol. The zero-order valence-electron chi connectivity index (χ0n) is 11.1. The molecule has 0 aliphatic rings. The van der Waals surface area contributed by atoms with Gasteiger partial charge in [0.25, 0.3) is 0 Å². The lowest BCUT2D eigenvalue weighted by atomic mass is 10.2. The van der Waals surface area contributed by atoms with E-state index in [4.69, 9.17) is 0 Å². The number of benzene rings is 1. The van der Waals surface area contributed by atoms with Crippen LogP contribution in [0.5, 0.6) is 0 Å². The highest BCUT2D eigenvalue weighted by molar-refractivity contribution is 5.86. The summed E-state index contributed by atoms with van der Waals surface area (Å²) in [6, 6.07) is 3.46. The van der Waals surface area contributed by atoms with Crippen molar-refractivity contribution in [2.24, 2.45) is 0 Å². The van der Waals surface area contributed by atoms with E-state index in [0.29, 0.717) is 28.4 Å². The number of rotatable bonds is 4. The van der Waals surface area contributed by atoms with Gasteiger partial charge in [-0.1, -0.05) is 6.07 Å². The van der Waals surface area contributed by atoms with E-state index in [1.165, 1.54) is 12.1 Å². The first kappa shape index (κ1) is 13.2. The highest BCUT2D eigenvalue weighted by Crippen LogP contribution is 2.21. The molecule has 6 nitrogen and oxygen atoms in total. The molecule has 3 aromatic rings. The Hall–Kier alpha value is -2.77. The first-order valence-corrected chi connectivity index (χ1v) is 6.24. The minimum absolute atomic E-state index is 0.173. The second kappa shape index (κ2) is 5.31. The molecule has 0 spiro atoms. The van der Waals surface area contributed by atoms with Gasteiger partial charge in [-0.3, -0.25) is 5.10 Å². The summed E-state index contributed by atoms with van der Waals surface area (Å²) < 4.78 is 26.5.